The molecule has 0 aromatic carbocycles. The maximum Gasteiger partial charge on any atom is 2.00 e. The van der Waals surface area contributed by atoms with Crippen molar-refractivity contribution in [1.29, 1.82) is 0 Å². The van der Waals surface area contributed by atoms with Crippen molar-refractivity contribution in [3.05, 3.63) is 0 Å². The van der Waals surface area contributed by atoms with Gasteiger partial charge in [-0.25, -0.2) is 0 Å². The molecule has 0 unspecified atom stereocenters. The molecule has 4 nitrogen and oxygen atoms in total. The van der Waals surface area contributed by atoms with Gasteiger partial charge in [0.1, 0.15) is 0 Å². The molecule has 0 aliphatic rings. The molecule has 0 fully saturated rings. The summed E-state index contributed by atoms with van der Waals surface area (Å²) in [6, 6.07) is 0. The van der Waals surface area contributed by atoms with E-state index in [1.54, 1.807) is 0 Å². The Bertz CT molecular complexity index is 37.0. The number of rotatable bonds is 0. The standard InChI is InChI=1S/Mg.H2O3S.H2O.2H/c;1-4(2)3;;;/h;(H2,1,2,3);1H2;;/q+2;;;2*-1. The fourth-order valence-electron chi connectivity index (χ4n) is 0. The topological polar surface area (TPSA) is 89.0 Å². The third-order valence-electron chi connectivity index (χ3n) is 0. The summed E-state index contributed by atoms with van der Waals surface area (Å²) in [5.41, 5.74) is 0. The van der Waals surface area contributed by atoms with Crippen LogP contribution in [0.5, 0.6) is 0 Å². The van der Waals surface area contributed by atoms with Crippen LogP contribution in [0.2, 0.25) is 0 Å². The van der Waals surface area contributed by atoms with Gasteiger partial charge < -0.3 is 8.33 Å². The molecule has 0 radical (unpaired) electrons. The Morgan fingerprint density at radius 2 is 1.50 bits per heavy atom. The van der Waals surface area contributed by atoms with Crippen molar-refractivity contribution in [3.63, 3.8) is 0 Å². The zero-order chi connectivity index (χ0) is 3.58. The molecule has 0 amide bonds. The first-order valence-corrected chi connectivity index (χ1v) is 1.60. The summed E-state index contributed by atoms with van der Waals surface area (Å²) in [4.78, 5) is 0. The summed E-state index contributed by atoms with van der Waals surface area (Å²) in [6.45, 7) is 0. The maximum absolute atomic E-state index is 8.67. The van der Waals surface area contributed by atoms with Crippen molar-refractivity contribution < 1.29 is 21.6 Å². The molecule has 0 aliphatic carbocycles. The second-order valence-corrected chi connectivity index (χ2v) is 0.692. The van der Waals surface area contributed by atoms with E-state index in [4.69, 9.17) is 13.3 Å². The van der Waals surface area contributed by atoms with Crippen molar-refractivity contribution in [1.82, 2.24) is 0 Å². The molecule has 0 spiro atoms. The molecule has 0 bridgehead atoms. The van der Waals surface area contributed by atoms with Crippen molar-refractivity contribution in [3.8, 4) is 0 Å². The monoisotopic (exact) mass is 126 g/mol. The normalized spacial score (nSPS) is 5.83. The Morgan fingerprint density at radius 1 is 1.50 bits per heavy atom. The Kier molecular flexibility index (Phi) is 24.4. The van der Waals surface area contributed by atoms with Crippen LogP contribution < -0.4 is 0 Å². The summed E-state index contributed by atoms with van der Waals surface area (Å²) in [6.07, 6.45) is 0. The van der Waals surface area contributed by atoms with Crippen molar-refractivity contribution in [2.75, 3.05) is 0 Å². The minimum atomic E-state index is -2.61. The predicted molar refractivity (Wildman–Crippen MR) is 25.0 cm³/mol. The SMILES string of the molecule is O.O=S(O)O.[H-].[H-].[Mg+2]. The zero-order valence-electron chi connectivity index (χ0n) is 4.92. The second kappa shape index (κ2) is 9.25. The van der Waals surface area contributed by atoms with Gasteiger partial charge in [-0.1, -0.05) is 0 Å². The zero-order valence-corrected chi connectivity index (χ0v) is 5.15. The smallest absolute Gasteiger partial charge is 1.00 e. The largest absolute Gasteiger partial charge is 2.00 e. The number of hydrogen-bond acceptors (Lipinski definition) is 1. The van der Waals surface area contributed by atoms with Gasteiger partial charge in [0.25, 0.3) is 11.4 Å². The minimum Gasteiger partial charge on any atom is -1.00 e. The fourth-order valence-corrected chi connectivity index (χ4v) is 0. The molecule has 0 aromatic heterocycles. The van der Waals surface area contributed by atoms with Crippen LogP contribution in [0, 0.1) is 0 Å². The summed E-state index contributed by atoms with van der Waals surface area (Å²) in [5, 5.41) is 0. The summed E-state index contributed by atoms with van der Waals surface area (Å²) < 4.78 is 22.8. The molecule has 6 heavy (non-hydrogen) atoms. The molecular weight excluding hydrogens is 120 g/mol. The molecule has 0 saturated heterocycles. The van der Waals surface area contributed by atoms with Crippen LogP contribution >= 0.6 is 0 Å². The van der Waals surface area contributed by atoms with Crippen LogP contribution in [-0.2, 0) is 11.4 Å². The molecule has 0 aliphatic heterocycles. The van der Waals surface area contributed by atoms with E-state index in [0.29, 0.717) is 0 Å². The van der Waals surface area contributed by atoms with Crippen molar-refractivity contribution in [2.24, 2.45) is 0 Å². The molecule has 0 saturated carbocycles. The van der Waals surface area contributed by atoms with E-state index in [1.807, 2.05) is 0 Å². The van der Waals surface area contributed by atoms with Gasteiger partial charge in [0.15, 0.2) is 0 Å². The Morgan fingerprint density at radius 3 is 1.50 bits per heavy atom. The van der Waals surface area contributed by atoms with Crippen LogP contribution in [0.3, 0.4) is 0 Å². The summed E-state index contributed by atoms with van der Waals surface area (Å²) >= 11 is -2.61. The number of hydrogen-bond donors (Lipinski definition) is 2. The van der Waals surface area contributed by atoms with E-state index in [9.17, 15) is 0 Å². The van der Waals surface area contributed by atoms with Crippen LogP contribution in [0.1, 0.15) is 2.85 Å². The molecule has 6 heteroatoms. The molecule has 0 aromatic rings. The average molecular weight is 126 g/mol. The van der Waals surface area contributed by atoms with E-state index < -0.39 is 11.4 Å². The van der Waals surface area contributed by atoms with Gasteiger partial charge >= 0.3 is 23.1 Å². The molecule has 38 valence electrons. The predicted octanol–water partition coefficient (Wildman–Crippen LogP) is -1.30. The Balaban J connectivity index is -0.00000000750. The van der Waals surface area contributed by atoms with E-state index in [-0.39, 0.29) is 31.4 Å². The maximum atomic E-state index is 8.67. The third-order valence-corrected chi connectivity index (χ3v) is 0. The van der Waals surface area contributed by atoms with Gasteiger partial charge in [0, 0.05) is 0 Å². The summed E-state index contributed by atoms with van der Waals surface area (Å²) in [7, 11) is 0. The van der Waals surface area contributed by atoms with Crippen molar-refractivity contribution >= 4 is 34.4 Å². The second-order valence-electron chi connectivity index (χ2n) is 0.231. The minimum absolute atomic E-state index is 0. The first-order valence-electron chi connectivity index (χ1n) is 0.532. The first kappa shape index (κ1) is 15.8. The first-order chi connectivity index (χ1) is 1.73. The van der Waals surface area contributed by atoms with E-state index >= 15 is 0 Å². The van der Waals surface area contributed by atoms with Crippen LogP contribution in [0.15, 0.2) is 0 Å². The van der Waals surface area contributed by atoms with E-state index in [1.165, 1.54) is 0 Å². The Labute approximate surface area is 56.5 Å². The molecule has 4 N–H and O–H groups in total. The van der Waals surface area contributed by atoms with Gasteiger partial charge in [-0.15, -0.1) is 0 Å². The Hall–Kier alpha value is 0.796. The van der Waals surface area contributed by atoms with Gasteiger partial charge in [-0.05, 0) is 0 Å². The van der Waals surface area contributed by atoms with Gasteiger partial charge in [-0.3, -0.25) is 9.11 Å². The molecular formula is H6MgO4S. The van der Waals surface area contributed by atoms with Gasteiger partial charge in [0.05, 0.1) is 0 Å². The molecule has 0 atom stereocenters. The molecule has 0 heterocycles. The van der Waals surface area contributed by atoms with Gasteiger partial charge in [-0.2, -0.15) is 4.21 Å². The average Bonchev–Trinajstić information content (AvgIpc) is 0.811. The van der Waals surface area contributed by atoms with Gasteiger partial charge in [0.2, 0.25) is 0 Å². The van der Waals surface area contributed by atoms with Crippen LogP contribution in [0.4, 0.5) is 0 Å². The van der Waals surface area contributed by atoms with E-state index in [2.05, 4.69) is 0 Å². The quantitative estimate of drug-likeness (QED) is 0.312. The third kappa shape index (κ3) is 109. The van der Waals surface area contributed by atoms with Crippen LogP contribution in [0.25, 0.3) is 0 Å². The van der Waals surface area contributed by atoms with Crippen molar-refractivity contribution in [2.45, 2.75) is 0 Å². The fraction of sp³-hybridized carbons (Fsp3) is 0. The molecule has 0 rings (SSSR count). The van der Waals surface area contributed by atoms with Crippen LogP contribution in [-0.4, -0.2) is 41.8 Å². The van der Waals surface area contributed by atoms with E-state index in [0.717, 1.165) is 0 Å². The summed E-state index contributed by atoms with van der Waals surface area (Å²) in [5.74, 6) is 0.